The van der Waals surface area contributed by atoms with Crippen molar-refractivity contribution in [3.63, 3.8) is 0 Å². The molecule has 1 atom stereocenters. The molecule has 1 aromatic rings. The Morgan fingerprint density at radius 3 is 2.65 bits per heavy atom. The van der Waals surface area contributed by atoms with Gasteiger partial charge in [-0.15, -0.1) is 0 Å². The first-order chi connectivity index (χ1) is 9.72. The molecule has 1 aliphatic carbocycles. The molecule has 0 bridgehead atoms. The number of anilines is 1. The smallest absolute Gasteiger partial charge is 0.203 e. The highest BCUT2D eigenvalue weighted by atomic mass is 15.3. The van der Waals surface area contributed by atoms with E-state index < -0.39 is 0 Å². The van der Waals surface area contributed by atoms with Crippen molar-refractivity contribution in [1.82, 2.24) is 14.5 Å². The van der Waals surface area contributed by atoms with Gasteiger partial charge < -0.3 is 14.8 Å². The Kier molecular flexibility index (Phi) is 4.29. The number of likely N-dealkylation sites (tertiary alicyclic amines) is 1. The zero-order valence-corrected chi connectivity index (χ0v) is 12.9. The summed E-state index contributed by atoms with van der Waals surface area (Å²) in [6.45, 7) is 8.10. The van der Waals surface area contributed by atoms with E-state index in [9.17, 15) is 0 Å². The average Bonchev–Trinajstić information content (AvgIpc) is 3.12. The van der Waals surface area contributed by atoms with Crippen LogP contribution < -0.4 is 5.32 Å². The van der Waals surface area contributed by atoms with Gasteiger partial charge in [-0.2, -0.15) is 0 Å². The van der Waals surface area contributed by atoms with E-state index in [0.29, 0.717) is 12.1 Å². The summed E-state index contributed by atoms with van der Waals surface area (Å²) in [6, 6.07) is 1.13. The number of hydrogen-bond donors (Lipinski definition) is 1. The molecule has 4 nitrogen and oxygen atoms in total. The second kappa shape index (κ2) is 6.17. The van der Waals surface area contributed by atoms with Gasteiger partial charge in [0.2, 0.25) is 5.95 Å². The average molecular weight is 276 g/mol. The van der Waals surface area contributed by atoms with Gasteiger partial charge in [-0.25, -0.2) is 4.98 Å². The van der Waals surface area contributed by atoms with Crippen LogP contribution in [0.3, 0.4) is 0 Å². The maximum atomic E-state index is 4.70. The molecule has 0 radical (unpaired) electrons. The molecule has 3 rings (SSSR count). The Hall–Kier alpha value is -1.03. The van der Waals surface area contributed by atoms with Crippen LogP contribution in [0.2, 0.25) is 0 Å². The van der Waals surface area contributed by atoms with Crippen LogP contribution >= 0.6 is 0 Å². The summed E-state index contributed by atoms with van der Waals surface area (Å²) in [5.41, 5.74) is 1.12. The maximum Gasteiger partial charge on any atom is 0.203 e. The van der Waals surface area contributed by atoms with Gasteiger partial charge in [0.1, 0.15) is 0 Å². The van der Waals surface area contributed by atoms with Crippen molar-refractivity contribution in [2.75, 3.05) is 25.0 Å². The van der Waals surface area contributed by atoms with Crippen molar-refractivity contribution in [2.24, 2.45) is 0 Å². The predicted molar refractivity (Wildman–Crippen MR) is 83.2 cm³/mol. The zero-order valence-electron chi connectivity index (χ0n) is 12.9. The monoisotopic (exact) mass is 276 g/mol. The zero-order chi connectivity index (χ0) is 13.9. The molecule has 1 saturated heterocycles. The molecule has 1 unspecified atom stereocenters. The van der Waals surface area contributed by atoms with Gasteiger partial charge in [-0.05, 0) is 52.6 Å². The minimum Gasteiger partial charge on any atom is -0.353 e. The summed E-state index contributed by atoms with van der Waals surface area (Å²) in [5, 5.41) is 3.67. The van der Waals surface area contributed by atoms with Gasteiger partial charge in [0.25, 0.3) is 0 Å². The first-order valence-electron chi connectivity index (χ1n) is 8.27. The van der Waals surface area contributed by atoms with Crippen molar-refractivity contribution in [2.45, 2.75) is 64.5 Å². The Bertz CT molecular complexity index is 428. The topological polar surface area (TPSA) is 33.1 Å². The number of nitrogens with zero attached hydrogens (tertiary/aromatic N) is 3. The molecule has 1 aliphatic heterocycles. The molecule has 4 heteroatoms. The highest BCUT2D eigenvalue weighted by Gasteiger charge is 2.21. The molecule has 2 fully saturated rings. The third kappa shape index (κ3) is 3.17. The first-order valence-corrected chi connectivity index (χ1v) is 8.27. The summed E-state index contributed by atoms with van der Waals surface area (Å²) in [6.07, 6.45) is 10.3. The van der Waals surface area contributed by atoms with Crippen LogP contribution in [0.25, 0.3) is 0 Å². The standard InChI is InChI=1S/C16H28N4/c1-13-11-20(14(2)12-19-9-5-6-10-19)16(17-13)18-15-7-3-4-8-15/h11,14-15H,3-10,12H2,1-2H3,(H,17,18). The molecule has 1 N–H and O–H groups in total. The number of nitrogens with one attached hydrogen (secondary N) is 1. The second-order valence-electron chi connectivity index (χ2n) is 6.60. The summed E-state index contributed by atoms with van der Waals surface area (Å²) >= 11 is 0. The van der Waals surface area contributed by atoms with Crippen LogP contribution in [0.5, 0.6) is 0 Å². The first kappa shape index (κ1) is 13.9. The maximum absolute atomic E-state index is 4.70. The molecule has 0 aromatic carbocycles. The summed E-state index contributed by atoms with van der Waals surface area (Å²) in [4.78, 5) is 7.29. The van der Waals surface area contributed by atoms with E-state index in [1.807, 2.05) is 0 Å². The van der Waals surface area contributed by atoms with E-state index >= 15 is 0 Å². The van der Waals surface area contributed by atoms with E-state index in [4.69, 9.17) is 4.98 Å². The van der Waals surface area contributed by atoms with Gasteiger partial charge in [-0.1, -0.05) is 12.8 Å². The number of rotatable bonds is 5. The van der Waals surface area contributed by atoms with Gasteiger partial charge in [0, 0.05) is 24.8 Å². The van der Waals surface area contributed by atoms with Crippen LogP contribution in [0.15, 0.2) is 6.20 Å². The predicted octanol–water partition coefficient (Wildman–Crippen LogP) is 3.20. The lowest BCUT2D eigenvalue weighted by Gasteiger charge is -2.24. The summed E-state index contributed by atoms with van der Waals surface area (Å²) < 4.78 is 2.35. The molecule has 1 saturated carbocycles. The second-order valence-corrected chi connectivity index (χ2v) is 6.60. The molecular formula is C16H28N4. The van der Waals surface area contributed by atoms with Crippen LogP contribution in [-0.2, 0) is 0 Å². The van der Waals surface area contributed by atoms with Crippen LogP contribution in [0, 0.1) is 6.92 Å². The third-order valence-corrected chi connectivity index (χ3v) is 4.74. The lowest BCUT2D eigenvalue weighted by atomic mass is 10.2. The number of aryl methyl sites for hydroxylation is 1. The highest BCUT2D eigenvalue weighted by Crippen LogP contribution is 2.24. The Morgan fingerprint density at radius 2 is 1.95 bits per heavy atom. The fraction of sp³-hybridized carbons (Fsp3) is 0.812. The van der Waals surface area contributed by atoms with Crippen molar-refractivity contribution in [1.29, 1.82) is 0 Å². The van der Waals surface area contributed by atoms with E-state index in [1.54, 1.807) is 0 Å². The van der Waals surface area contributed by atoms with E-state index in [-0.39, 0.29) is 0 Å². The summed E-state index contributed by atoms with van der Waals surface area (Å²) in [5.74, 6) is 1.08. The molecule has 0 amide bonds. The molecular weight excluding hydrogens is 248 g/mol. The Labute approximate surface area is 122 Å². The molecule has 1 aromatic heterocycles. The Morgan fingerprint density at radius 1 is 1.25 bits per heavy atom. The number of hydrogen-bond acceptors (Lipinski definition) is 3. The van der Waals surface area contributed by atoms with Crippen molar-refractivity contribution in [3.8, 4) is 0 Å². The number of imidazole rings is 1. The van der Waals surface area contributed by atoms with E-state index in [1.165, 1.54) is 51.6 Å². The number of aromatic nitrogens is 2. The van der Waals surface area contributed by atoms with E-state index in [2.05, 4.69) is 34.8 Å². The van der Waals surface area contributed by atoms with Crippen LogP contribution in [0.1, 0.15) is 57.2 Å². The van der Waals surface area contributed by atoms with Gasteiger partial charge >= 0.3 is 0 Å². The SMILES string of the molecule is Cc1cn(C(C)CN2CCCC2)c(NC2CCCC2)n1. The molecule has 112 valence electrons. The fourth-order valence-electron chi connectivity index (χ4n) is 3.64. The lowest BCUT2D eigenvalue weighted by Crippen LogP contribution is -2.28. The molecule has 0 spiro atoms. The van der Waals surface area contributed by atoms with E-state index in [0.717, 1.165) is 18.2 Å². The normalized spacial score (nSPS) is 22.5. The molecule has 2 aliphatic rings. The minimum absolute atomic E-state index is 0.498. The van der Waals surface area contributed by atoms with Gasteiger partial charge in [0.05, 0.1) is 5.69 Å². The summed E-state index contributed by atoms with van der Waals surface area (Å²) in [7, 11) is 0. The molecule has 2 heterocycles. The minimum atomic E-state index is 0.498. The quantitative estimate of drug-likeness (QED) is 0.896. The van der Waals surface area contributed by atoms with Crippen molar-refractivity contribution in [3.05, 3.63) is 11.9 Å². The molecule has 20 heavy (non-hydrogen) atoms. The van der Waals surface area contributed by atoms with Crippen LogP contribution in [0.4, 0.5) is 5.95 Å². The van der Waals surface area contributed by atoms with Crippen molar-refractivity contribution >= 4 is 5.95 Å². The van der Waals surface area contributed by atoms with Crippen LogP contribution in [-0.4, -0.2) is 40.1 Å². The third-order valence-electron chi connectivity index (χ3n) is 4.74. The van der Waals surface area contributed by atoms with Gasteiger partial charge in [-0.3, -0.25) is 0 Å². The highest BCUT2D eigenvalue weighted by molar-refractivity contribution is 5.31. The largest absolute Gasteiger partial charge is 0.353 e. The van der Waals surface area contributed by atoms with Gasteiger partial charge in [0.15, 0.2) is 0 Å². The Balaban J connectivity index is 1.67. The van der Waals surface area contributed by atoms with Crippen molar-refractivity contribution < 1.29 is 0 Å². The lowest BCUT2D eigenvalue weighted by molar-refractivity contribution is 0.288. The fourth-order valence-corrected chi connectivity index (χ4v) is 3.64.